The van der Waals surface area contributed by atoms with Crippen LogP contribution in [0.25, 0.3) is 0 Å². The van der Waals surface area contributed by atoms with Crippen molar-refractivity contribution >= 4 is 5.95 Å². The third-order valence-electron chi connectivity index (χ3n) is 3.79. The summed E-state index contributed by atoms with van der Waals surface area (Å²) in [6.07, 6.45) is 3.25. The first-order valence-electron chi connectivity index (χ1n) is 6.59. The summed E-state index contributed by atoms with van der Waals surface area (Å²) in [4.78, 5) is 6.67. The predicted molar refractivity (Wildman–Crippen MR) is 66.6 cm³/mol. The molecule has 1 aliphatic heterocycles. The third kappa shape index (κ3) is 2.49. The van der Waals surface area contributed by atoms with E-state index in [0.717, 1.165) is 51.0 Å². The molecule has 1 N–H and O–H groups in total. The van der Waals surface area contributed by atoms with Gasteiger partial charge in [0.05, 0.1) is 6.61 Å². The minimum absolute atomic E-state index is 0.266. The van der Waals surface area contributed by atoms with E-state index >= 15 is 0 Å². The van der Waals surface area contributed by atoms with Crippen LogP contribution in [-0.4, -0.2) is 50.0 Å². The Labute approximate surface area is 107 Å². The number of piperazine rings is 1. The van der Waals surface area contributed by atoms with Crippen LogP contribution in [0.3, 0.4) is 0 Å². The second-order valence-corrected chi connectivity index (χ2v) is 5.33. The quantitative estimate of drug-likeness (QED) is 0.821. The van der Waals surface area contributed by atoms with E-state index in [1.807, 2.05) is 0 Å². The monoisotopic (exact) mass is 252 g/mol. The van der Waals surface area contributed by atoms with Crippen LogP contribution in [0.2, 0.25) is 0 Å². The molecule has 0 spiro atoms. The molecule has 0 atom stereocenters. The predicted octanol–water partition coefficient (Wildman–Crippen LogP) is 0.448. The van der Waals surface area contributed by atoms with Gasteiger partial charge >= 0.3 is 0 Å². The molecule has 0 amide bonds. The van der Waals surface area contributed by atoms with Crippen molar-refractivity contribution < 1.29 is 9.26 Å². The summed E-state index contributed by atoms with van der Waals surface area (Å²) in [6.45, 7) is 4.65. The van der Waals surface area contributed by atoms with E-state index < -0.39 is 0 Å². The SMILES string of the molecule is COCC1(Cc2nc(N3CCNCC3)no2)CC1. The van der Waals surface area contributed by atoms with Crippen LogP contribution in [0.15, 0.2) is 4.52 Å². The average Bonchev–Trinajstić information content (AvgIpc) is 2.99. The van der Waals surface area contributed by atoms with E-state index in [4.69, 9.17) is 9.26 Å². The van der Waals surface area contributed by atoms with E-state index in [0.29, 0.717) is 0 Å². The molecular weight excluding hydrogens is 232 g/mol. The largest absolute Gasteiger partial charge is 0.384 e. The lowest BCUT2D eigenvalue weighted by Gasteiger charge is -2.25. The van der Waals surface area contributed by atoms with E-state index in [1.165, 1.54) is 12.8 Å². The molecule has 3 rings (SSSR count). The molecule has 0 bridgehead atoms. The smallest absolute Gasteiger partial charge is 0.266 e. The molecule has 2 fully saturated rings. The number of methoxy groups -OCH3 is 1. The van der Waals surface area contributed by atoms with Crippen LogP contribution in [0, 0.1) is 5.41 Å². The molecule has 6 heteroatoms. The second kappa shape index (κ2) is 4.85. The Morgan fingerprint density at radius 3 is 2.83 bits per heavy atom. The van der Waals surface area contributed by atoms with Crippen LogP contribution < -0.4 is 10.2 Å². The van der Waals surface area contributed by atoms with Crippen LogP contribution in [0.1, 0.15) is 18.7 Å². The first kappa shape index (κ1) is 11.9. The molecular formula is C12H20N4O2. The highest BCUT2D eigenvalue weighted by Crippen LogP contribution is 2.48. The fourth-order valence-electron chi connectivity index (χ4n) is 2.49. The van der Waals surface area contributed by atoms with E-state index in [1.54, 1.807) is 7.11 Å². The Hall–Kier alpha value is -1.14. The van der Waals surface area contributed by atoms with Gasteiger partial charge in [-0.3, -0.25) is 0 Å². The maximum Gasteiger partial charge on any atom is 0.266 e. The standard InChI is InChI=1S/C12H20N4O2/c1-17-9-12(2-3-12)8-10-14-11(15-18-10)16-6-4-13-5-7-16/h13H,2-9H2,1H3. The van der Waals surface area contributed by atoms with Crippen LogP contribution in [0.5, 0.6) is 0 Å². The van der Waals surface area contributed by atoms with E-state index in [9.17, 15) is 0 Å². The topological polar surface area (TPSA) is 63.4 Å². The van der Waals surface area contributed by atoms with Gasteiger partial charge in [-0.2, -0.15) is 4.98 Å². The average molecular weight is 252 g/mol. The fraction of sp³-hybridized carbons (Fsp3) is 0.833. The van der Waals surface area contributed by atoms with Crippen molar-refractivity contribution in [2.75, 3.05) is 44.8 Å². The van der Waals surface area contributed by atoms with Gasteiger partial charge in [0.2, 0.25) is 5.89 Å². The van der Waals surface area contributed by atoms with Gasteiger partial charge in [-0.05, 0) is 18.0 Å². The first-order chi connectivity index (χ1) is 8.81. The number of hydrogen-bond acceptors (Lipinski definition) is 6. The summed E-state index contributed by atoms with van der Waals surface area (Å²) < 4.78 is 10.6. The zero-order valence-electron chi connectivity index (χ0n) is 10.8. The minimum Gasteiger partial charge on any atom is -0.384 e. The molecule has 1 aromatic heterocycles. The Bertz CT molecular complexity index is 397. The Morgan fingerprint density at radius 1 is 1.39 bits per heavy atom. The van der Waals surface area contributed by atoms with Crippen molar-refractivity contribution in [1.82, 2.24) is 15.5 Å². The molecule has 1 saturated heterocycles. The molecule has 0 radical (unpaired) electrons. The summed E-state index contributed by atoms with van der Waals surface area (Å²) >= 11 is 0. The normalized spacial score (nSPS) is 22.2. The molecule has 2 aliphatic rings. The summed E-state index contributed by atoms with van der Waals surface area (Å²) in [5.41, 5.74) is 0.266. The van der Waals surface area contributed by atoms with Crippen molar-refractivity contribution in [1.29, 1.82) is 0 Å². The summed E-state index contributed by atoms with van der Waals surface area (Å²) in [5.74, 6) is 1.48. The van der Waals surface area contributed by atoms with Gasteiger partial charge in [-0.1, -0.05) is 0 Å². The molecule has 1 aromatic rings. The van der Waals surface area contributed by atoms with Crippen molar-refractivity contribution in [3.63, 3.8) is 0 Å². The Kier molecular flexibility index (Phi) is 3.22. The number of ether oxygens (including phenoxy) is 1. The fourth-order valence-corrected chi connectivity index (χ4v) is 2.49. The summed E-state index contributed by atoms with van der Waals surface area (Å²) in [7, 11) is 1.75. The van der Waals surface area contributed by atoms with Crippen molar-refractivity contribution in [3.05, 3.63) is 5.89 Å². The van der Waals surface area contributed by atoms with Crippen molar-refractivity contribution in [3.8, 4) is 0 Å². The molecule has 0 unspecified atom stereocenters. The Balaban J connectivity index is 1.62. The van der Waals surface area contributed by atoms with Crippen LogP contribution in [0.4, 0.5) is 5.95 Å². The molecule has 0 aromatic carbocycles. The maximum atomic E-state index is 5.36. The summed E-state index contributed by atoms with van der Waals surface area (Å²) in [5, 5.41) is 7.40. The highest BCUT2D eigenvalue weighted by atomic mass is 16.5. The summed E-state index contributed by atoms with van der Waals surface area (Å²) in [6, 6.07) is 0. The van der Waals surface area contributed by atoms with Gasteiger partial charge in [0.1, 0.15) is 0 Å². The van der Waals surface area contributed by atoms with Gasteiger partial charge in [0.25, 0.3) is 5.95 Å². The number of hydrogen-bond donors (Lipinski definition) is 1. The first-order valence-corrected chi connectivity index (χ1v) is 6.59. The highest BCUT2D eigenvalue weighted by Gasteiger charge is 2.44. The van der Waals surface area contributed by atoms with Gasteiger partial charge in [-0.25, -0.2) is 0 Å². The van der Waals surface area contributed by atoms with Gasteiger partial charge in [0, 0.05) is 45.1 Å². The lowest BCUT2D eigenvalue weighted by atomic mass is 10.0. The van der Waals surface area contributed by atoms with E-state index in [-0.39, 0.29) is 5.41 Å². The second-order valence-electron chi connectivity index (χ2n) is 5.33. The zero-order valence-corrected chi connectivity index (χ0v) is 10.8. The van der Waals surface area contributed by atoms with E-state index in [2.05, 4.69) is 20.4 Å². The number of aromatic nitrogens is 2. The Morgan fingerprint density at radius 2 is 2.17 bits per heavy atom. The molecule has 100 valence electrons. The highest BCUT2D eigenvalue weighted by molar-refractivity contribution is 5.28. The maximum absolute atomic E-state index is 5.36. The van der Waals surface area contributed by atoms with Gasteiger partial charge in [-0.15, -0.1) is 0 Å². The number of anilines is 1. The van der Waals surface area contributed by atoms with Gasteiger partial charge < -0.3 is 19.5 Å². The number of nitrogens with one attached hydrogen (secondary N) is 1. The molecule has 2 heterocycles. The third-order valence-corrected chi connectivity index (χ3v) is 3.79. The minimum atomic E-state index is 0.266. The molecule has 6 nitrogen and oxygen atoms in total. The molecule has 18 heavy (non-hydrogen) atoms. The molecule has 1 aliphatic carbocycles. The number of nitrogens with zero attached hydrogens (tertiary/aromatic N) is 3. The zero-order chi connectivity index (χ0) is 12.4. The lowest BCUT2D eigenvalue weighted by molar-refractivity contribution is 0.135. The van der Waals surface area contributed by atoms with Crippen LogP contribution in [-0.2, 0) is 11.2 Å². The number of rotatable bonds is 5. The van der Waals surface area contributed by atoms with Crippen molar-refractivity contribution in [2.24, 2.45) is 5.41 Å². The van der Waals surface area contributed by atoms with Gasteiger partial charge in [0.15, 0.2) is 0 Å². The molecule has 1 saturated carbocycles. The van der Waals surface area contributed by atoms with Crippen LogP contribution >= 0.6 is 0 Å². The lowest BCUT2D eigenvalue weighted by Crippen LogP contribution is -2.44. The van der Waals surface area contributed by atoms with Crippen molar-refractivity contribution in [2.45, 2.75) is 19.3 Å².